The number of carboxylic acids is 1. The molecular formula is C18H18ClFN4O2. The number of aliphatic carboxylic acids is 1. The Morgan fingerprint density at radius 3 is 2.88 bits per heavy atom. The molecule has 1 aliphatic carbocycles. The lowest BCUT2D eigenvalue weighted by atomic mass is 9.85. The number of hydrogen-bond donors (Lipinski definition) is 2. The first kappa shape index (κ1) is 18.4. The van der Waals surface area contributed by atoms with Crippen molar-refractivity contribution in [3.63, 3.8) is 0 Å². The second-order valence-corrected chi connectivity index (χ2v) is 6.74. The van der Waals surface area contributed by atoms with Gasteiger partial charge in [0.05, 0.1) is 22.8 Å². The molecule has 1 fully saturated rings. The molecule has 3 rings (SSSR count). The average Bonchev–Trinajstić information content (AvgIpc) is 2.58. The van der Waals surface area contributed by atoms with E-state index in [0.717, 1.165) is 12.8 Å². The number of carboxylic acid groups (broad SMARTS) is 1. The van der Waals surface area contributed by atoms with E-state index in [4.69, 9.17) is 16.7 Å². The highest BCUT2D eigenvalue weighted by Gasteiger charge is 2.34. The molecule has 0 bridgehead atoms. The van der Waals surface area contributed by atoms with E-state index in [2.05, 4.69) is 16.4 Å². The molecule has 1 aromatic carbocycles. The Morgan fingerprint density at radius 2 is 2.27 bits per heavy atom. The molecular weight excluding hydrogens is 359 g/mol. The van der Waals surface area contributed by atoms with Gasteiger partial charge in [-0.05, 0) is 31.5 Å². The fourth-order valence-corrected chi connectivity index (χ4v) is 3.60. The summed E-state index contributed by atoms with van der Waals surface area (Å²) in [6, 6.07) is 4.98. The Labute approximate surface area is 155 Å². The van der Waals surface area contributed by atoms with E-state index < -0.39 is 11.8 Å². The van der Waals surface area contributed by atoms with Gasteiger partial charge in [0.15, 0.2) is 0 Å². The maximum absolute atomic E-state index is 14.1. The fourth-order valence-electron chi connectivity index (χ4n) is 3.35. The van der Waals surface area contributed by atoms with Gasteiger partial charge in [-0.2, -0.15) is 5.26 Å². The minimum absolute atomic E-state index is 0.00651. The molecule has 0 unspecified atom stereocenters. The van der Waals surface area contributed by atoms with Crippen molar-refractivity contribution in [1.82, 2.24) is 9.88 Å². The van der Waals surface area contributed by atoms with Crippen LogP contribution < -0.4 is 5.32 Å². The van der Waals surface area contributed by atoms with Crippen LogP contribution in [-0.4, -0.2) is 46.1 Å². The van der Waals surface area contributed by atoms with Crippen molar-refractivity contribution >= 4 is 34.2 Å². The number of rotatable bonds is 6. The highest BCUT2D eigenvalue weighted by Crippen LogP contribution is 2.36. The lowest BCUT2D eigenvalue weighted by Gasteiger charge is -2.42. The van der Waals surface area contributed by atoms with Crippen molar-refractivity contribution in [2.24, 2.45) is 0 Å². The first-order valence-corrected chi connectivity index (χ1v) is 8.71. The maximum atomic E-state index is 14.1. The van der Waals surface area contributed by atoms with Gasteiger partial charge in [-0.1, -0.05) is 18.5 Å². The molecule has 2 N–H and O–H groups in total. The van der Waals surface area contributed by atoms with Gasteiger partial charge in [-0.15, -0.1) is 0 Å². The summed E-state index contributed by atoms with van der Waals surface area (Å²) >= 11 is 6.24. The van der Waals surface area contributed by atoms with E-state index in [-0.39, 0.29) is 24.1 Å². The molecule has 2 aromatic rings. The third-order valence-electron chi connectivity index (χ3n) is 4.76. The van der Waals surface area contributed by atoms with Crippen molar-refractivity contribution in [1.29, 1.82) is 5.26 Å². The number of benzene rings is 1. The van der Waals surface area contributed by atoms with E-state index in [1.807, 2.05) is 11.8 Å². The zero-order valence-corrected chi connectivity index (χ0v) is 14.9. The van der Waals surface area contributed by atoms with E-state index in [9.17, 15) is 14.4 Å². The zero-order chi connectivity index (χ0) is 18.8. The van der Waals surface area contributed by atoms with Crippen LogP contribution >= 0.6 is 11.6 Å². The SMILES string of the molecule is CCN(CC(=O)O)C1CC(Nc2c(C#N)cnc3c(F)ccc(Cl)c23)C1. The molecule has 0 saturated heterocycles. The summed E-state index contributed by atoms with van der Waals surface area (Å²) < 4.78 is 14.1. The Hall–Kier alpha value is -2.43. The smallest absolute Gasteiger partial charge is 0.317 e. The Morgan fingerprint density at radius 1 is 1.54 bits per heavy atom. The minimum Gasteiger partial charge on any atom is -0.480 e. The van der Waals surface area contributed by atoms with E-state index in [1.165, 1.54) is 18.3 Å². The van der Waals surface area contributed by atoms with Gasteiger partial charge >= 0.3 is 5.97 Å². The molecule has 0 atom stereocenters. The third-order valence-corrected chi connectivity index (χ3v) is 5.08. The van der Waals surface area contributed by atoms with Crippen molar-refractivity contribution in [2.45, 2.75) is 31.8 Å². The minimum atomic E-state index is -0.850. The number of nitriles is 1. The lowest BCUT2D eigenvalue weighted by Crippen LogP contribution is -2.51. The first-order valence-electron chi connectivity index (χ1n) is 8.33. The molecule has 1 saturated carbocycles. The van der Waals surface area contributed by atoms with Crippen LogP contribution in [-0.2, 0) is 4.79 Å². The standard InChI is InChI=1S/C18H18ClFN4O2/c1-2-24(9-15(25)26)12-5-11(6-12)23-17-10(7-21)8-22-18-14(20)4-3-13(19)16(17)18/h3-4,8,11-12H,2,5-6,9H2,1H3,(H,22,23)(H,25,26). The van der Waals surface area contributed by atoms with Crippen LogP contribution in [0.25, 0.3) is 10.9 Å². The van der Waals surface area contributed by atoms with Crippen LogP contribution in [0.1, 0.15) is 25.3 Å². The number of hydrogen-bond acceptors (Lipinski definition) is 5. The summed E-state index contributed by atoms with van der Waals surface area (Å²) in [7, 11) is 0. The van der Waals surface area contributed by atoms with Gasteiger partial charge in [-0.3, -0.25) is 14.7 Å². The van der Waals surface area contributed by atoms with Gasteiger partial charge in [0.1, 0.15) is 17.4 Å². The lowest BCUT2D eigenvalue weighted by molar-refractivity contribution is -0.139. The van der Waals surface area contributed by atoms with Crippen LogP contribution in [0.5, 0.6) is 0 Å². The maximum Gasteiger partial charge on any atom is 0.317 e. The predicted octanol–water partition coefficient (Wildman–Crippen LogP) is 3.25. The van der Waals surface area contributed by atoms with E-state index in [1.54, 1.807) is 0 Å². The van der Waals surface area contributed by atoms with E-state index >= 15 is 0 Å². The van der Waals surface area contributed by atoms with Crippen LogP contribution in [0.2, 0.25) is 5.02 Å². The fraction of sp³-hybridized carbons (Fsp3) is 0.389. The summed E-state index contributed by atoms with van der Waals surface area (Å²) in [6.07, 6.45) is 2.81. The summed E-state index contributed by atoms with van der Waals surface area (Å²) in [6.45, 7) is 2.59. The monoisotopic (exact) mass is 376 g/mol. The normalized spacial score (nSPS) is 19.2. The number of halogens is 2. The van der Waals surface area contributed by atoms with Crippen molar-refractivity contribution < 1.29 is 14.3 Å². The Bertz CT molecular complexity index is 893. The van der Waals surface area contributed by atoms with Crippen LogP contribution in [0.15, 0.2) is 18.3 Å². The molecule has 26 heavy (non-hydrogen) atoms. The molecule has 1 aromatic heterocycles. The highest BCUT2D eigenvalue weighted by atomic mass is 35.5. The summed E-state index contributed by atoms with van der Waals surface area (Å²) in [5.74, 6) is -1.35. The highest BCUT2D eigenvalue weighted by molar-refractivity contribution is 6.36. The molecule has 1 heterocycles. The second-order valence-electron chi connectivity index (χ2n) is 6.33. The number of anilines is 1. The average molecular weight is 377 g/mol. The van der Waals surface area contributed by atoms with Crippen LogP contribution in [0.3, 0.4) is 0 Å². The summed E-state index contributed by atoms with van der Waals surface area (Å²) in [4.78, 5) is 16.9. The Kier molecular flexibility index (Phi) is 5.25. The molecule has 8 heteroatoms. The number of aromatic nitrogens is 1. The molecule has 0 aliphatic heterocycles. The number of fused-ring (bicyclic) bond motifs is 1. The number of nitrogens with one attached hydrogen (secondary N) is 1. The molecule has 6 nitrogen and oxygen atoms in total. The summed E-state index contributed by atoms with van der Waals surface area (Å²) in [5, 5.41) is 22.4. The van der Waals surface area contributed by atoms with Crippen molar-refractivity contribution in [2.75, 3.05) is 18.4 Å². The zero-order valence-electron chi connectivity index (χ0n) is 14.2. The van der Waals surface area contributed by atoms with Crippen molar-refractivity contribution in [3.8, 4) is 6.07 Å². The Balaban J connectivity index is 1.83. The van der Waals surface area contributed by atoms with Gasteiger partial charge in [0, 0.05) is 23.7 Å². The van der Waals surface area contributed by atoms with Crippen LogP contribution in [0, 0.1) is 17.1 Å². The molecule has 0 amide bonds. The van der Waals surface area contributed by atoms with Gasteiger partial charge in [-0.25, -0.2) is 4.39 Å². The molecule has 0 radical (unpaired) electrons. The van der Waals surface area contributed by atoms with Gasteiger partial charge in [0.25, 0.3) is 0 Å². The quantitative estimate of drug-likeness (QED) is 0.804. The molecule has 0 spiro atoms. The number of carbonyl (C=O) groups is 1. The third kappa shape index (κ3) is 3.43. The number of likely N-dealkylation sites (N-methyl/N-ethyl adjacent to an activating group) is 1. The largest absolute Gasteiger partial charge is 0.480 e. The van der Waals surface area contributed by atoms with E-state index in [0.29, 0.717) is 28.2 Å². The predicted molar refractivity (Wildman–Crippen MR) is 96.7 cm³/mol. The number of nitrogens with zero attached hydrogens (tertiary/aromatic N) is 3. The number of pyridine rings is 1. The summed E-state index contributed by atoms with van der Waals surface area (Å²) in [5.41, 5.74) is 0.897. The molecule has 136 valence electrons. The van der Waals surface area contributed by atoms with Gasteiger partial charge < -0.3 is 10.4 Å². The second kappa shape index (κ2) is 7.44. The van der Waals surface area contributed by atoms with Gasteiger partial charge in [0.2, 0.25) is 0 Å². The first-order chi connectivity index (χ1) is 12.4. The topological polar surface area (TPSA) is 89.3 Å². The van der Waals surface area contributed by atoms with Crippen LogP contribution in [0.4, 0.5) is 10.1 Å². The molecule has 1 aliphatic rings. The van der Waals surface area contributed by atoms with Crippen molar-refractivity contribution in [3.05, 3.63) is 34.7 Å².